The molecule has 2 fully saturated rings. The summed E-state index contributed by atoms with van der Waals surface area (Å²) in [6.07, 6.45) is 1.26. The number of benzene rings is 1. The van der Waals surface area contributed by atoms with Crippen LogP contribution in [0.25, 0.3) is 11.1 Å². The van der Waals surface area contributed by atoms with Gasteiger partial charge in [-0.2, -0.15) is 4.39 Å². The van der Waals surface area contributed by atoms with Crippen molar-refractivity contribution in [1.82, 2.24) is 9.97 Å². The van der Waals surface area contributed by atoms with E-state index < -0.39 is 11.9 Å². The van der Waals surface area contributed by atoms with Crippen molar-refractivity contribution in [3.63, 3.8) is 0 Å². The maximum absolute atomic E-state index is 13.4. The number of pyridine rings is 2. The fraction of sp³-hybridized carbons (Fsp3) is 0.346. The predicted octanol–water partition coefficient (Wildman–Crippen LogP) is 3.75. The van der Waals surface area contributed by atoms with Crippen LogP contribution >= 0.6 is 0 Å². The largest absolute Gasteiger partial charge is 0.475 e. The van der Waals surface area contributed by atoms with Gasteiger partial charge in [-0.05, 0) is 59.7 Å². The van der Waals surface area contributed by atoms with Crippen molar-refractivity contribution in [2.75, 3.05) is 31.7 Å². The molecule has 1 saturated heterocycles. The highest BCUT2D eigenvalue weighted by atomic mass is 19.1. The Morgan fingerprint density at radius 3 is 2.88 bits per heavy atom. The highest BCUT2D eigenvalue weighted by molar-refractivity contribution is 6.04. The van der Waals surface area contributed by atoms with Crippen molar-refractivity contribution < 1.29 is 23.8 Å². The number of aliphatic hydroxyl groups is 1. The van der Waals surface area contributed by atoms with Crippen LogP contribution in [0.5, 0.6) is 5.88 Å². The van der Waals surface area contributed by atoms with Gasteiger partial charge in [0.1, 0.15) is 6.61 Å². The van der Waals surface area contributed by atoms with Crippen LogP contribution in [0.15, 0.2) is 48.7 Å². The molecule has 1 amide bonds. The van der Waals surface area contributed by atoms with Gasteiger partial charge in [-0.1, -0.05) is 13.0 Å². The molecule has 1 aliphatic heterocycles. The Morgan fingerprint density at radius 2 is 2.15 bits per heavy atom. The zero-order valence-corrected chi connectivity index (χ0v) is 19.0. The summed E-state index contributed by atoms with van der Waals surface area (Å²) in [4.78, 5) is 20.9. The molecular weight excluding hydrogens is 437 g/mol. The number of nitrogens with zero attached hydrogens (tertiary/aromatic N) is 2. The molecule has 8 heteroatoms. The van der Waals surface area contributed by atoms with Gasteiger partial charge in [-0.25, -0.2) is 9.97 Å². The Bertz CT molecular complexity index is 1250. The molecule has 34 heavy (non-hydrogen) atoms. The molecule has 0 bridgehead atoms. The minimum atomic E-state index is -0.708. The first-order valence-electron chi connectivity index (χ1n) is 11.3. The minimum Gasteiger partial charge on any atom is -0.475 e. The molecule has 3 atom stereocenters. The first-order valence-corrected chi connectivity index (χ1v) is 11.3. The molecule has 2 unspecified atom stereocenters. The molecule has 0 spiro atoms. The number of amides is 1. The highest BCUT2D eigenvalue weighted by Gasteiger charge is 2.67. The van der Waals surface area contributed by atoms with E-state index in [0.717, 1.165) is 35.1 Å². The summed E-state index contributed by atoms with van der Waals surface area (Å²) in [6, 6.07) is 12.1. The average molecular weight is 464 g/mol. The summed E-state index contributed by atoms with van der Waals surface area (Å²) in [5, 5.41) is 12.1. The molecular formula is C26H26FN3O4. The van der Waals surface area contributed by atoms with Crippen molar-refractivity contribution in [1.29, 1.82) is 0 Å². The number of rotatable bonds is 7. The second-order valence-electron chi connectivity index (χ2n) is 8.95. The van der Waals surface area contributed by atoms with Gasteiger partial charge < -0.3 is 19.9 Å². The SMILES string of the molecule is Cc1ccc(NC(=O)c2ccnc(F)c2)cc1-c1cc(OCCO)nc(C23COCC2[C@H]3C)c1. The van der Waals surface area contributed by atoms with E-state index in [0.29, 0.717) is 30.0 Å². The third kappa shape index (κ3) is 3.93. The number of carbonyl (C=O) groups excluding carboxylic acids is 1. The lowest BCUT2D eigenvalue weighted by Crippen LogP contribution is -2.17. The monoisotopic (exact) mass is 463 g/mol. The molecule has 5 rings (SSSR count). The molecule has 1 aliphatic carbocycles. The third-order valence-corrected chi connectivity index (χ3v) is 7.02. The normalized spacial score (nSPS) is 22.8. The first kappa shape index (κ1) is 22.4. The number of hydrogen-bond donors (Lipinski definition) is 2. The Kier molecular flexibility index (Phi) is 5.79. The average Bonchev–Trinajstić information content (AvgIpc) is 3.17. The van der Waals surface area contributed by atoms with Gasteiger partial charge >= 0.3 is 0 Å². The van der Waals surface area contributed by atoms with Gasteiger partial charge in [-0.15, -0.1) is 0 Å². The van der Waals surface area contributed by atoms with E-state index in [-0.39, 0.29) is 24.2 Å². The minimum absolute atomic E-state index is 0.106. The zero-order chi connectivity index (χ0) is 23.9. The van der Waals surface area contributed by atoms with E-state index in [1.807, 2.05) is 31.2 Å². The molecule has 3 aromatic rings. The molecule has 0 radical (unpaired) electrons. The van der Waals surface area contributed by atoms with E-state index in [4.69, 9.17) is 14.5 Å². The van der Waals surface area contributed by atoms with Crippen molar-refractivity contribution in [2.24, 2.45) is 11.8 Å². The van der Waals surface area contributed by atoms with Crippen LogP contribution in [-0.2, 0) is 10.2 Å². The molecule has 176 valence electrons. The number of halogens is 1. The third-order valence-electron chi connectivity index (χ3n) is 7.02. The maximum atomic E-state index is 13.4. The number of nitrogens with one attached hydrogen (secondary N) is 1. The van der Waals surface area contributed by atoms with Gasteiger partial charge in [0.05, 0.1) is 25.5 Å². The van der Waals surface area contributed by atoms with Crippen molar-refractivity contribution in [2.45, 2.75) is 19.3 Å². The van der Waals surface area contributed by atoms with E-state index >= 15 is 0 Å². The number of aromatic nitrogens is 2. The second-order valence-corrected chi connectivity index (χ2v) is 8.95. The Labute approximate surface area is 197 Å². The summed E-state index contributed by atoms with van der Waals surface area (Å²) >= 11 is 0. The number of hydrogen-bond acceptors (Lipinski definition) is 6. The van der Waals surface area contributed by atoms with E-state index in [1.54, 1.807) is 0 Å². The number of ether oxygens (including phenoxy) is 2. The Balaban J connectivity index is 1.50. The van der Waals surface area contributed by atoms with Crippen LogP contribution in [0.3, 0.4) is 0 Å². The lowest BCUT2D eigenvalue weighted by molar-refractivity contribution is 0.102. The fourth-order valence-electron chi connectivity index (χ4n) is 4.99. The van der Waals surface area contributed by atoms with Crippen molar-refractivity contribution in [3.05, 3.63) is 71.4 Å². The lowest BCUT2D eigenvalue weighted by atomic mass is 9.94. The Morgan fingerprint density at radius 1 is 1.29 bits per heavy atom. The molecule has 3 heterocycles. The van der Waals surface area contributed by atoms with Crippen molar-refractivity contribution >= 4 is 11.6 Å². The van der Waals surface area contributed by atoms with E-state index in [1.165, 1.54) is 12.3 Å². The molecule has 1 saturated carbocycles. The summed E-state index contributed by atoms with van der Waals surface area (Å²) < 4.78 is 24.9. The highest BCUT2D eigenvalue weighted by Crippen LogP contribution is 2.63. The summed E-state index contributed by atoms with van der Waals surface area (Å²) in [5.41, 5.74) is 4.41. The van der Waals surface area contributed by atoms with Crippen LogP contribution in [-0.4, -0.2) is 47.4 Å². The van der Waals surface area contributed by atoms with Crippen molar-refractivity contribution in [3.8, 4) is 17.0 Å². The zero-order valence-electron chi connectivity index (χ0n) is 19.0. The van der Waals surface area contributed by atoms with Crippen LogP contribution in [0.2, 0.25) is 0 Å². The van der Waals surface area contributed by atoms with E-state index in [2.05, 4.69) is 23.3 Å². The predicted molar refractivity (Wildman–Crippen MR) is 124 cm³/mol. The van der Waals surface area contributed by atoms with Crippen LogP contribution in [0.1, 0.15) is 28.5 Å². The topological polar surface area (TPSA) is 93.6 Å². The molecule has 1 aromatic carbocycles. The summed E-state index contributed by atoms with van der Waals surface area (Å²) in [5.74, 6) is 0.229. The number of fused-ring (bicyclic) bond motifs is 1. The van der Waals surface area contributed by atoms with Gasteiger partial charge in [0, 0.05) is 35.0 Å². The first-order chi connectivity index (χ1) is 16.4. The van der Waals surface area contributed by atoms with E-state index in [9.17, 15) is 14.3 Å². The number of aryl methyl sites for hydroxylation is 1. The van der Waals surface area contributed by atoms with Gasteiger partial charge in [0.15, 0.2) is 0 Å². The standard InChI is InChI=1S/C26H26FN3O4/c1-15-3-4-19(29-25(32)17-5-6-28-23(27)10-17)12-20(15)18-9-22(30-24(11-18)34-8-7-31)26-14-33-13-21(26)16(26)2/h3-6,9-12,16,21,31H,7-8,13-14H2,1-2H3,(H,29,32)/t16-,21?,26?/m1/s1. The lowest BCUT2D eigenvalue weighted by Gasteiger charge is -2.17. The second kappa shape index (κ2) is 8.77. The number of carbonyl (C=O) groups is 1. The molecule has 2 aromatic heterocycles. The molecule has 2 aliphatic rings. The number of anilines is 1. The van der Waals surface area contributed by atoms with Gasteiger partial charge in [0.2, 0.25) is 11.8 Å². The summed E-state index contributed by atoms with van der Waals surface area (Å²) in [6.45, 7) is 5.62. The quantitative estimate of drug-likeness (QED) is 0.519. The molecule has 7 nitrogen and oxygen atoms in total. The van der Waals surface area contributed by atoms with Crippen LogP contribution < -0.4 is 10.1 Å². The van der Waals surface area contributed by atoms with Gasteiger partial charge in [0.25, 0.3) is 5.91 Å². The smallest absolute Gasteiger partial charge is 0.255 e. The summed E-state index contributed by atoms with van der Waals surface area (Å²) in [7, 11) is 0. The maximum Gasteiger partial charge on any atom is 0.255 e. The Hall–Kier alpha value is -3.36. The van der Waals surface area contributed by atoms with Crippen LogP contribution in [0.4, 0.5) is 10.1 Å². The number of aliphatic hydroxyl groups excluding tert-OH is 1. The van der Waals surface area contributed by atoms with Gasteiger partial charge in [-0.3, -0.25) is 4.79 Å². The van der Waals surface area contributed by atoms with Crippen LogP contribution in [0, 0.1) is 24.7 Å². The fourth-order valence-corrected chi connectivity index (χ4v) is 4.99. The molecule has 2 N–H and O–H groups in total.